The number of aromatic hydroxyl groups is 1. The van der Waals surface area contributed by atoms with Crippen molar-refractivity contribution in [1.29, 1.82) is 0 Å². The maximum Gasteiger partial charge on any atom is 0.167 e. The molecular formula is C12H15F2NO. The predicted octanol–water partition coefficient (Wildman–Crippen LogP) is 2.44. The van der Waals surface area contributed by atoms with Gasteiger partial charge in [0.15, 0.2) is 11.6 Å². The van der Waals surface area contributed by atoms with Crippen LogP contribution in [0.3, 0.4) is 0 Å². The molecule has 0 heterocycles. The highest BCUT2D eigenvalue weighted by Crippen LogP contribution is 2.42. The number of halogens is 2. The van der Waals surface area contributed by atoms with Crippen molar-refractivity contribution in [3.05, 3.63) is 29.3 Å². The first-order valence-electron chi connectivity index (χ1n) is 5.48. The largest absolute Gasteiger partial charge is 0.505 e. The molecule has 1 aliphatic rings. The van der Waals surface area contributed by atoms with Crippen LogP contribution in [0, 0.1) is 11.6 Å². The van der Waals surface area contributed by atoms with Crippen LogP contribution in [0.2, 0.25) is 0 Å². The van der Waals surface area contributed by atoms with Gasteiger partial charge in [-0.2, -0.15) is 0 Å². The third-order valence-corrected chi connectivity index (χ3v) is 3.56. The van der Waals surface area contributed by atoms with Gasteiger partial charge in [-0.25, -0.2) is 8.78 Å². The molecule has 0 bridgehead atoms. The van der Waals surface area contributed by atoms with Gasteiger partial charge in [0, 0.05) is 18.0 Å². The molecule has 0 spiro atoms. The van der Waals surface area contributed by atoms with E-state index in [1.807, 2.05) is 0 Å². The SMILES string of the molecule is NCC1(c2cc(O)c(F)cc2F)CCCC1. The molecule has 0 unspecified atom stereocenters. The van der Waals surface area contributed by atoms with Gasteiger partial charge in [0.2, 0.25) is 0 Å². The Bertz CT molecular complexity index is 400. The maximum absolute atomic E-state index is 13.7. The van der Waals surface area contributed by atoms with Gasteiger partial charge in [-0.05, 0) is 24.5 Å². The van der Waals surface area contributed by atoms with Gasteiger partial charge >= 0.3 is 0 Å². The summed E-state index contributed by atoms with van der Waals surface area (Å²) < 4.78 is 26.7. The predicted molar refractivity (Wildman–Crippen MR) is 57.2 cm³/mol. The zero-order chi connectivity index (χ0) is 11.8. The topological polar surface area (TPSA) is 46.2 Å². The molecule has 0 radical (unpaired) electrons. The van der Waals surface area contributed by atoms with E-state index in [2.05, 4.69) is 0 Å². The fourth-order valence-corrected chi connectivity index (χ4v) is 2.58. The van der Waals surface area contributed by atoms with Crippen molar-refractivity contribution >= 4 is 0 Å². The zero-order valence-corrected chi connectivity index (χ0v) is 8.97. The Kier molecular flexibility index (Phi) is 2.84. The molecule has 1 aromatic rings. The van der Waals surface area contributed by atoms with Crippen molar-refractivity contribution in [3.63, 3.8) is 0 Å². The van der Waals surface area contributed by atoms with E-state index in [1.165, 1.54) is 6.07 Å². The number of phenols is 1. The van der Waals surface area contributed by atoms with Gasteiger partial charge in [-0.1, -0.05) is 12.8 Å². The maximum atomic E-state index is 13.7. The van der Waals surface area contributed by atoms with Crippen LogP contribution in [-0.4, -0.2) is 11.7 Å². The van der Waals surface area contributed by atoms with Crippen molar-refractivity contribution in [3.8, 4) is 5.75 Å². The van der Waals surface area contributed by atoms with Crippen LogP contribution in [0.4, 0.5) is 8.78 Å². The molecule has 2 rings (SSSR count). The first kappa shape index (κ1) is 11.3. The highest BCUT2D eigenvalue weighted by atomic mass is 19.1. The average molecular weight is 227 g/mol. The van der Waals surface area contributed by atoms with Crippen LogP contribution in [0.15, 0.2) is 12.1 Å². The third kappa shape index (κ3) is 1.67. The molecule has 0 aromatic heterocycles. The molecule has 1 aromatic carbocycles. The fraction of sp³-hybridized carbons (Fsp3) is 0.500. The second kappa shape index (κ2) is 4.01. The van der Waals surface area contributed by atoms with Crippen LogP contribution in [0.1, 0.15) is 31.2 Å². The van der Waals surface area contributed by atoms with Crippen LogP contribution in [0.25, 0.3) is 0 Å². The van der Waals surface area contributed by atoms with Gasteiger partial charge in [0.05, 0.1) is 0 Å². The summed E-state index contributed by atoms with van der Waals surface area (Å²) in [6, 6.07) is 1.92. The van der Waals surface area contributed by atoms with Crippen molar-refractivity contribution in [2.75, 3.05) is 6.54 Å². The number of nitrogens with two attached hydrogens (primary N) is 1. The molecular weight excluding hydrogens is 212 g/mol. The van der Waals surface area contributed by atoms with Gasteiger partial charge < -0.3 is 10.8 Å². The van der Waals surface area contributed by atoms with Gasteiger partial charge in [-0.3, -0.25) is 0 Å². The minimum absolute atomic E-state index is 0.328. The highest BCUT2D eigenvalue weighted by molar-refractivity contribution is 5.36. The van der Waals surface area contributed by atoms with E-state index >= 15 is 0 Å². The fourth-order valence-electron chi connectivity index (χ4n) is 2.58. The first-order chi connectivity index (χ1) is 7.59. The minimum atomic E-state index is -0.925. The second-order valence-corrected chi connectivity index (χ2v) is 4.48. The van der Waals surface area contributed by atoms with E-state index in [0.29, 0.717) is 12.1 Å². The van der Waals surface area contributed by atoms with E-state index in [9.17, 15) is 13.9 Å². The third-order valence-electron chi connectivity index (χ3n) is 3.56. The molecule has 3 N–H and O–H groups in total. The summed E-state index contributed by atoms with van der Waals surface area (Å²) >= 11 is 0. The Labute approximate surface area is 93.1 Å². The summed E-state index contributed by atoms with van der Waals surface area (Å²) in [7, 11) is 0. The normalized spacial score (nSPS) is 18.9. The summed E-state index contributed by atoms with van der Waals surface area (Å²) in [4.78, 5) is 0. The van der Waals surface area contributed by atoms with Crippen molar-refractivity contribution in [1.82, 2.24) is 0 Å². The Balaban J connectivity index is 2.50. The summed E-state index contributed by atoms with van der Waals surface area (Å²) in [5.41, 5.74) is 5.65. The average Bonchev–Trinajstić information content (AvgIpc) is 2.73. The van der Waals surface area contributed by atoms with Crippen LogP contribution in [0.5, 0.6) is 5.75 Å². The monoisotopic (exact) mass is 227 g/mol. The quantitative estimate of drug-likeness (QED) is 0.815. The number of hydrogen-bond donors (Lipinski definition) is 2. The van der Waals surface area contributed by atoms with Crippen LogP contribution in [-0.2, 0) is 5.41 Å². The van der Waals surface area contributed by atoms with Gasteiger partial charge in [-0.15, -0.1) is 0 Å². The van der Waals surface area contributed by atoms with E-state index in [4.69, 9.17) is 5.73 Å². The zero-order valence-electron chi connectivity index (χ0n) is 8.97. The second-order valence-electron chi connectivity index (χ2n) is 4.48. The summed E-state index contributed by atoms with van der Waals surface area (Å²) in [5, 5.41) is 9.31. The molecule has 0 aliphatic heterocycles. The number of phenolic OH excluding ortho intramolecular Hbond substituents is 1. The van der Waals surface area contributed by atoms with E-state index in [1.54, 1.807) is 0 Å². The number of benzene rings is 1. The van der Waals surface area contributed by atoms with Gasteiger partial charge in [0.25, 0.3) is 0 Å². The summed E-state index contributed by atoms with van der Waals surface area (Å²) in [5.74, 6) is -2.04. The Hall–Kier alpha value is -1.16. The molecule has 1 fully saturated rings. The van der Waals surface area contributed by atoms with Crippen molar-refractivity contribution in [2.24, 2.45) is 5.73 Å². The Morgan fingerprint density at radius 2 is 1.81 bits per heavy atom. The number of rotatable bonds is 2. The van der Waals surface area contributed by atoms with E-state index < -0.39 is 22.8 Å². The van der Waals surface area contributed by atoms with E-state index in [0.717, 1.165) is 31.7 Å². The molecule has 1 aliphatic carbocycles. The Morgan fingerprint density at radius 3 is 2.38 bits per heavy atom. The lowest BCUT2D eigenvalue weighted by atomic mass is 9.78. The lowest BCUT2D eigenvalue weighted by molar-refractivity contribution is 0.399. The summed E-state index contributed by atoms with van der Waals surface area (Å²) in [6.07, 6.45) is 3.58. The molecule has 2 nitrogen and oxygen atoms in total. The Morgan fingerprint density at radius 1 is 1.19 bits per heavy atom. The minimum Gasteiger partial charge on any atom is -0.505 e. The molecule has 88 valence electrons. The molecule has 4 heteroatoms. The lowest BCUT2D eigenvalue weighted by Gasteiger charge is -2.28. The molecule has 0 saturated heterocycles. The van der Waals surface area contributed by atoms with Crippen molar-refractivity contribution < 1.29 is 13.9 Å². The van der Waals surface area contributed by atoms with Crippen LogP contribution >= 0.6 is 0 Å². The summed E-state index contributed by atoms with van der Waals surface area (Å²) in [6.45, 7) is 0.328. The molecule has 16 heavy (non-hydrogen) atoms. The molecule has 1 saturated carbocycles. The van der Waals surface area contributed by atoms with Crippen molar-refractivity contribution in [2.45, 2.75) is 31.1 Å². The molecule has 0 atom stereocenters. The number of hydrogen-bond acceptors (Lipinski definition) is 2. The van der Waals surface area contributed by atoms with Crippen LogP contribution < -0.4 is 5.73 Å². The highest BCUT2D eigenvalue weighted by Gasteiger charge is 2.37. The van der Waals surface area contributed by atoms with E-state index in [-0.39, 0.29) is 0 Å². The standard InChI is InChI=1S/C12H15F2NO/c13-9-6-10(14)11(16)5-8(9)12(7-15)3-1-2-4-12/h5-6,16H,1-4,7,15H2. The molecule has 0 amide bonds. The van der Waals surface area contributed by atoms with Gasteiger partial charge in [0.1, 0.15) is 5.82 Å². The smallest absolute Gasteiger partial charge is 0.167 e. The first-order valence-corrected chi connectivity index (χ1v) is 5.48. The lowest BCUT2D eigenvalue weighted by Crippen LogP contribution is -2.33.